The molecular formula is C18H25F2N3O3. The van der Waals surface area contributed by atoms with Crippen LogP contribution < -0.4 is 24.8 Å². The summed E-state index contributed by atoms with van der Waals surface area (Å²) in [7, 11) is 0. The largest absolute Gasteiger partial charge is 0.454 e. The van der Waals surface area contributed by atoms with Crippen LogP contribution in [0.5, 0.6) is 17.2 Å². The molecule has 1 aromatic rings. The van der Waals surface area contributed by atoms with Crippen LogP contribution in [0.4, 0.5) is 8.78 Å². The van der Waals surface area contributed by atoms with E-state index in [9.17, 15) is 8.78 Å². The minimum atomic E-state index is -2.91. The Morgan fingerprint density at radius 1 is 1.27 bits per heavy atom. The van der Waals surface area contributed by atoms with Crippen LogP contribution in [0.1, 0.15) is 38.2 Å². The van der Waals surface area contributed by atoms with Crippen molar-refractivity contribution in [2.45, 2.75) is 45.8 Å². The molecule has 0 spiro atoms. The third-order valence-electron chi connectivity index (χ3n) is 4.30. The highest BCUT2D eigenvalue weighted by Gasteiger charge is 2.21. The Labute approximate surface area is 151 Å². The number of nitrogens with one attached hydrogen (secondary N) is 2. The molecule has 0 atom stereocenters. The molecule has 0 saturated heterocycles. The average molecular weight is 369 g/mol. The summed E-state index contributed by atoms with van der Waals surface area (Å²) in [4.78, 5) is 4.48. The summed E-state index contributed by atoms with van der Waals surface area (Å²) in [6, 6.07) is 3.07. The summed E-state index contributed by atoms with van der Waals surface area (Å²) >= 11 is 0. The first-order valence-corrected chi connectivity index (χ1v) is 9.05. The van der Waals surface area contributed by atoms with Gasteiger partial charge in [-0.2, -0.15) is 8.78 Å². The fourth-order valence-corrected chi connectivity index (χ4v) is 2.80. The molecule has 0 unspecified atom stereocenters. The SMILES string of the molecule is CCNC(=NCc1cc2c(cc1OC(F)F)OCO2)NCCCC1CC1. The molecule has 0 aromatic heterocycles. The van der Waals surface area contributed by atoms with Crippen LogP contribution in [0.2, 0.25) is 0 Å². The van der Waals surface area contributed by atoms with Crippen molar-refractivity contribution in [2.24, 2.45) is 10.9 Å². The van der Waals surface area contributed by atoms with E-state index in [0.717, 1.165) is 25.4 Å². The maximum absolute atomic E-state index is 12.7. The monoisotopic (exact) mass is 369 g/mol. The van der Waals surface area contributed by atoms with Gasteiger partial charge in [-0.1, -0.05) is 12.8 Å². The molecule has 3 rings (SSSR count). The predicted molar refractivity (Wildman–Crippen MR) is 94.0 cm³/mol. The van der Waals surface area contributed by atoms with Gasteiger partial charge in [-0.15, -0.1) is 0 Å². The Kier molecular flexibility index (Phi) is 6.35. The fourth-order valence-electron chi connectivity index (χ4n) is 2.80. The molecule has 2 aliphatic rings. The van der Waals surface area contributed by atoms with Crippen molar-refractivity contribution in [3.8, 4) is 17.2 Å². The van der Waals surface area contributed by atoms with Gasteiger partial charge < -0.3 is 24.8 Å². The standard InChI is InChI=1S/C18H25F2N3O3/c1-2-21-18(22-7-3-4-12-5-6-12)23-10-13-8-15-16(25-11-24-15)9-14(13)26-17(19)20/h8-9,12,17H,2-7,10-11H2,1H3,(H2,21,22,23). The molecule has 1 aliphatic carbocycles. The Morgan fingerprint density at radius 3 is 2.73 bits per heavy atom. The summed E-state index contributed by atoms with van der Waals surface area (Å²) in [6.07, 6.45) is 5.04. The Balaban J connectivity index is 1.64. The molecule has 2 N–H and O–H groups in total. The highest BCUT2D eigenvalue weighted by Crippen LogP contribution is 2.39. The van der Waals surface area contributed by atoms with Gasteiger partial charge in [-0.05, 0) is 31.7 Å². The van der Waals surface area contributed by atoms with E-state index < -0.39 is 6.61 Å². The second kappa shape index (κ2) is 8.91. The third kappa shape index (κ3) is 5.37. The van der Waals surface area contributed by atoms with Crippen molar-refractivity contribution in [3.63, 3.8) is 0 Å². The van der Waals surface area contributed by atoms with Crippen LogP contribution in [0.25, 0.3) is 0 Å². The number of hydrogen-bond donors (Lipinski definition) is 2. The summed E-state index contributed by atoms with van der Waals surface area (Å²) in [6.45, 7) is 0.887. The van der Waals surface area contributed by atoms with Gasteiger partial charge in [0.25, 0.3) is 0 Å². The zero-order valence-corrected chi connectivity index (χ0v) is 14.9. The molecule has 144 valence electrons. The number of nitrogens with zero attached hydrogens (tertiary/aromatic N) is 1. The highest BCUT2D eigenvalue weighted by atomic mass is 19.3. The lowest BCUT2D eigenvalue weighted by Crippen LogP contribution is -2.37. The number of guanidine groups is 1. The Morgan fingerprint density at radius 2 is 2.04 bits per heavy atom. The van der Waals surface area contributed by atoms with Crippen LogP contribution in [0.15, 0.2) is 17.1 Å². The van der Waals surface area contributed by atoms with Gasteiger partial charge in [0.05, 0.1) is 6.54 Å². The van der Waals surface area contributed by atoms with Crippen LogP contribution in [0, 0.1) is 5.92 Å². The highest BCUT2D eigenvalue weighted by molar-refractivity contribution is 5.79. The molecule has 26 heavy (non-hydrogen) atoms. The van der Waals surface area contributed by atoms with Crippen molar-refractivity contribution in [2.75, 3.05) is 19.9 Å². The first-order valence-electron chi connectivity index (χ1n) is 9.05. The molecule has 1 saturated carbocycles. The van der Waals surface area contributed by atoms with Gasteiger partial charge in [-0.25, -0.2) is 4.99 Å². The Bertz CT molecular complexity index is 636. The van der Waals surface area contributed by atoms with Crippen LogP contribution in [-0.2, 0) is 6.54 Å². The van der Waals surface area contributed by atoms with E-state index in [1.807, 2.05) is 6.92 Å². The van der Waals surface area contributed by atoms with E-state index in [-0.39, 0.29) is 19.1 Å². The lowest BCUT2D eigenvalue weighted by atomic mass is 10.1. The molecular weight excluding hydrogens is 344 g/mol. The number of hydrogen-bond acceptors (Lipinski definition) is 4. The van der Waals surface area contributed by atoms with Crippen LogP contribution >= 0.6 is 0 Å². The smallest absolute Gasteiger partial charge is 0.387 e. The summed E-state index contributed by atoms with van der Waals surface area (Å²) < 4.78 is 40.5. The van der Waals surface area contributed by atoms with E-state index in [0.29, 0.717) is 23.0 Å². The number of fused-ring (bicyclic) bond motifs is 1. The van der Waals surface area contributed by atoms with E-state index in [4.69, 9.17) is 9.47 Å². The zero-order valence-electron chi connectivity index (χ0n) is 14.9. The number of aliphatic imine (C=N–C) groups is 1. The maximum Gasteiger partial charge on any atom is 0.387 e. The van der Waals surface area contributed by atoms with Crippen molar-refractivity contribution in [1.29, 1.82) is 0 Å². The van der Waals surface area contributed by atoms with Crippen molar-refractivity contribution < 1.29 is 23.0 Å². The number of rotatable bonds is 9. The van der Waals surface area contributed by atoms with Gasteiger partial charge >= 0.3 is 6.61 Å². The lowest BCUT2D eigenvalue weighted by Gasteiger charge is -2.13. The maximum atomic E-state index is 12.7. The normalized spacial score (nSPS) is 16.1. The molecule has 1 fully saturated rings. The molecule has 0 radical (unpaired) electrons. The predicted octanol–water partition coefficient (Wildman–Crippen LogP) is 3.26. The van der Waals surface area contributed by atoms with Gasteiger partial charge in [0, 0.05) is 24.7 Å². The molecule has 1 aromatic carbocycles. The van der Waals surface area contributed by atoms with Crippen LogP contribution in [-0.4, -0.2) is 32.5 Å². The van der Waals surface area contributed by atoms with Crippen molar-refractivity contribution >= 4 is 5.96 Å². The second-order valence-electron chi connectivity index (χ2n) is 6.40. The van der Waals surface area contributed by atoms with Gasteiger partial charge in [0.2, 0.25) is 6.79 Å². The topological polar surface area (TPSA) is 64.1 Å². The third-order valence-corrected chi connectivity index (χ3v) is 4.30. The lowest BCUT2D eigenvalue weighted by molar-refractivity contribution is -0.0505. The number of halogens is 2. The number of alkyl halides is 2. The molecule has 1 heterocycles. The molecule has 1 aliphatic heterocycles. The van der Waals surface area contributed by atoms with Crippen LogP contribution in [0.3, 0.4) is 0 Å². The number of benzene rings is 1. The van der Waals surface area contributed by atoms with E-state index in [2.05, 4.69) is 20.4 Å². The summed E-state index contributed by atoms with van der Waals surface area (Å²) in [5.41, 5.74) is 0.518. The molecule has 0 bridgehead atoms. The molecule has 8 heteroatoms. The van der Waals surface area contributed by atoms with Gasteiger partial charge in [0.1, 0.15) is 5.75 Å². The van der Waals surface area contributed by atoms with E-state index in [1.165, 1.54) is 25.3 Å². The average Bonchev–Trinajstić information content (AvgIpc) is 3.32. The van der Waals surface area contributed by atoms with Gasteiger partial charge in [-0.3, -0.25) is 0 Å². The first kappa shape index (κ1) is 18.5. The summed E-state index contributed by atoms with van der Waals surface area (Å²) in [5.74, 6) is 2.53. The van der Waals surface area contributed by atoms with Crippen molar-refractivity contribution in [1.82, 2.24) is 10.6 Å². The van der Waals surface area contributed by atoms with E-state index in [1.54, 1.807) is 6.07 Å². The Hall–Kier alpha value is -2.25. The minimum Gasteiger partial charge on any atom is -0.454 e. The quantitative estimate of drug-likeness (QED) is 0.397. The second-order valence-corrected chi connectivity index (χ2v) is 6.40. The van der Waals surface area contributed by atoms with Gasteiger partial charge in [0.15, 0.2) is 17.5 Å². The summed E-state index contributed by atoms with van der Waals surface area (Å²) in [5, 5.41) is 6.44. The van der Waals surface area contributed by atoms with Crippen molar-refractivity contribution in [3.05, 3.63) is 17.7 Å². The molecule has 6 nitrogen and oxygen atoms in total. The zero-order chi connectivity index (χ0) is 18.4. The first-order chi connectivity index (χ1) is 12.7. The minimum absolute atomic E-state index is 0.0533. The molecule has 0 amide bonds. The number of ether oxygens (including phenoxy) is 3. The van der Waals surface area contributed by atoms with E-state index >= 15 is 0 Å². The fraction of sp³-hybridized carbons (Fsp3) is 0.611.